The fourth-order valence-corrected chi connectivity index (χ4v) is 4.14. The van der Waals surface area contributed by atoms with Gasteiger partial charge in [-0.15, -0.1) is 0 Å². The highest BCUT2D eigenvalue weighted by atomic mass is 16.5. The lowest BCUT2D eigenvalue weighted by molar-refractivity contribution is -0.0647. The number of hydrogen-bond acceptors (Lipinski definition) is 3. The largest absolute Gasteiger partial charge is 0.376 e. The molecule has 1 heterocycles. The van der Waals surface area contributed by atoms with Crippen LogP contribution in [0.25, 0.3) is 0 Å². The van der Waals surface area contributed by atoms with Crippen molar-refractivity contribution in [1.82, 2.24) is 10.2 Å². The van der Waals surface area contributed by atoms with Gasteiger partial charge >= 0.3 is 0 Å². The Morgan fingerprint density at radius 2 is 1.81 bits per heavy atom. The van der Waals surface area contributed by atoms with Gasteiger partial charge in [0.2, 0.25) is 0 Å². The molecule has 0 aromatic carbocycles. The summed E-state index contributed by atoms with van der Waals surface area (Å²) in [5.74, 6) is 0. The Balaban J connectivity index is 1.64. The lowest BCUT2D eigenvalue weighted by atomic mass is 9.79. The molecule has 0 spiro atoms. The Labute approximate surface area is 130 Å². The van der Waals surface area contributed by atoms with E-state index in [1.54, 1.807) is 0 Å². The van der Waals surface area contributed by atoms with E-state index in [1.165, 1.54) is 64.5 Å². The summed E-state index contributed by atoms with van der Waals surface area (Å²) in [6.07, 6.45) is 11.8. The highest BCUT2D eigenvalue weighted by Crippen LogP contribution is 2.37. The minimum absolute atomic E-state index is 0.403. The van der Waals surface area contributed by atoms with Crippen molar-refractivity contribution in [2.75, 3.05) is 26.2 Å². The third-order valence-electron chi connectivity index (χ3n) is 5.78. The molecule has 1 N–H and O–H groups in total. The van der Waals surface area contributed by atoms with Crippen LogP contribution in [0.3, 0.4) is 0 Å². The summed E-state index contributed by atoms with van der Waals surface area (Å²) in [4.78, 5) is 2.72. The number of morpholine rings is 1. The van der Waals surface area contributed by atoms with Crippen LogP contribution in [-0.4, -0.2) is 49.3 Å². The van der Waals surface area contributed by atoms with Crippen LogP contribution < -0.4 is 5.32 Å². The molecule has 0 amide bonds. The Morgan fingerprint density at radius 1 is 1.10 bits per heavy atom. The molecular formula is C18H34N2O. The summed E-state index contributed by atoms with van der Waals surface area (Å²) >= 11 is 0. The Bertz CT molecular complexity index is 321. The summed E-state index contributed by atoms with van der Waals surface area (Å²) in [6.45, 7) is 9.11. The van der Waals surface area contributed by atoms with Gasteiger partial charge in [0.25, 0.3) is 0 Å². The number of nitrogens with zero attached hydrogens (tertiary/aromatic N) is 1. The van der Waals surface area contributed by atoms with E-state index < -0.39 is 0 Å². The molecule has 21 heavy (non-hydrogen) atoms. The molecule has 0 bridgehead atoms. The van der Waals surface area contributed by atoms with Crippen LogP contribution in [0.5, 0.6) is 0 Å². The van der Waals surface area contributed by atoms with Crippen LogP contribution in [0, 0.1) is 5.41 Å². The maximum absolute atomic E-state index is 5.82. The lowest BCUT2D eigenvalue weighted by Crippen LogP contribution is -2.53. The van der Waals surface area contributed by atoms with Gasteiger partial charge < -0.3 is 10.1 Å². The second-order valence-corrected chi connectivity index (χ2v) is 7.99. The average molecular weight is 294 g/mol. The predicted octanol–water partition coefficient (Wildman–Crippen LogP) is 3.19. The minimum atomic E-state index is 0.403. The standard InChI is InChI=1S/C18H34N2O/c1-15-12-21-16(2)11-20(15)14-18(13-19-17-7-8-17)9-5-3-4-6-10-18/h15-17,19H,3-14H2,1-2H3. The van der Waals surface area contributed by atoms with E-state index in [9.17, 15) is 0 Å². The Hall–Kier alpha value is -0.120. The molecular weight excluding hydrogens is 260 g/mol. The normalized spacial score (nSPS) is 34.6. The van der Waals surface area contributed by atoms with E-state index in [0.717, 1.165) is 19.2 Å². The molecule has 2 saturated carbocycles. The average Bonchev–Trinajstić information content (AvgIpc) is 3.29. The summed E-state index contributed by atoms with van der Waals surface area (Å²) in [5, 5.41) is 3.85. The van der Waals surface area contributed by atoms with Gasteiger partial charge in [-0.1, -0.05) is 25.7 Å². The number of nitrogens with one attached hydrogen (secondary N) is 1. The first-order chi connectivity index (χ1) is 10.2. The number of ether oxygens (including phenoxy) is 1. The maximum atomic E-state index is 5.82. The van der Waals surface area contributed by atoms with Gasteiger partial charge in [-0.05, 0) is 44.9 Å². The van der Waals surface area contributed by atoms with Crippen molar-refractivity contribution < 1.29 is 4.74 Å². The molecule has 0 radical (unpaired) electrons. The molecule has 3 rings (SSSR count). The predicted molar refractivity (Wildman–Crippen MR) is 87.6 cm³/mol. The third-order valence-corrected chi connectivity index (χ3v) is 5.78. The SMILES string of the molecule is CC1CN(CC2(CNC3CC3)CCCCCC2)C(C)CO1. The highest BCUT2D eigenvalue weighted by Gasteiger charge is 2.37. The minimum Gasteiger partial charge on any atom is -0.376 e. The first kappa shape index (κ1) is 15.8. The van der Waals surface area contributed by atoms with Crippen LogP contribution in [-0.2, 0) is 4.74 Å². The zero-order chi connectivity index (χ0) is 14.7. The third kappa shape index (κ3) is 4.43. The lowest BCUT2D eigenvalue weighted by Gasteiger charge is -2.44. The second kappa shape index (κ2) is 6.97. The topological polar surface area (TPSA) is 24.5 Å². The van der Waals surface area contributed by atoms with Gasteiger partial charge in [0.1, 0.15) is 0 Å². The van der Waals surface area contributed by atoms with Crippen LogP contribution >= 0.6 is 0 Å². The number of hydrogen-bond donors (Lipinski definition) is 1. The first-order valence-electron chi connectivity index (χ1n) is 9.26. The first-order valence-corrected chi connectivity index (χ1v) is 9.26. The van der Waals surface area contributed by atoms with Gasteiger partial charge in [-0.2, -0.15) is 0 Å². The molecule has 0 aromatic heterocycles. The van der Waals surface area contributed by atoms with Crippen molar-refractivity contribution in [2.45, 2.75) is 83.4 Å². The van der Waals surface area contributed by atoms with Crippen LogP contribution in [0.2, 0.25) is 0 Å². The fourth-order valence-electron chi connectivity index (χ4n) is 4.14. The number of rotatable bonds is 5. The van der Waals surface area contributed by atoms with Gasteiger partial charge in [0.15, 0.2) is 0 Å². The summed E-state index contributed by atoms with van der Waals surface area (Å²) < 4.78 is 5.82. The van der Waals surface area contributed by atoms with Crippen LogP contribution in [0.15, 0.2) is 0 Å². The van der Waals surface area contributed by atoms with Crippen molar-refractivity contribution in [3.05, 3.63) is 0 Å². The van der Waals surface area contributed by atoms with Crippen molar-refractivity contribution >= 4 is 0 Å². The van der Waals surface area contributed by atoms with E-state index in [1.807, 2.05) is 0 Å². The second-order valence-electron chi connectivity index (χ2n) is 7.99. The molecule has 2 unspecified atom stereocenters. The maximum Gasteiger partial charge on any atom is 0.0674 e. The van der Waals surface area contributed by atoms with E-state index in [0.29, 0.717) is 17.6 Å². The molecule has 2 atom stereocenters. The molecule has 1 saturated heterocycles. The van der Waals surface area contributed by atoms with Gasteiger partial charge in [-0.3, -0.25) is 4.90 Å². The fraction of sp³-hybridized carbons (Fsp3) is 1.00. The van der Waals surface area contributed by atoms with Gasteiger partial charge in [0.05, 0.1) is 12.7 Å². The van der Waals surface area contributed by atoms with Gasteiger partial charge in [-0.25, -0.2) is 0 Å². The monoisotopic (exact) mass is 294 g/mol. The van der Waals surface area contributed by atoms with Crippen LogP contribution in [0.4, 0.5) is 0 Å². The zero-order valence-electron chi connectivity index (χ0n) is 14.1. The summed E-state index contributed by atoms with van der Waals surface area (Å²) in [6, 6.07) is 1.42. The van der Waals surface area contributed by atoms with E-state index in [2.05, 4.69) is 24.1 Å². The van der Waals surface area contributed by atoms with E-state index in [4.69, 9.17) is 4.74 Å². The molecule has 0 aromatic rings. The van der Waals surface area contributed by atoms with Crippen molar-refractivity contribution in [3.63, 3.8) is 0 Å². The molecule has 3 fully saturated rings. The van der Waals surface area contributed by atoms with Gasteiger partial charge in [0, 0.05) is 31.7 Å². The van der Waals surface area contributed by atoms with E-state index in [-0.39, 0.29) is 0 Å². The van der Waals surface area contributed by atoms with Crippen LogP contribution in [0.1, 0.15) is 65.2 Å². The van der Waals surface area contributed by atoms with Crippen molar-refractivity contribution in [1.29, 1.82) is 0 Å². The quantitative estimate of drug-likeness (QED) is 0.788. The van der Waals surface area contributed by atoms with Crippen molar-refractivity contribution in [3.8, 4) is 0 Å². The highest BCUT2D eigenvalue weighted by molar-refractivity contribution is 4.92. The van der Waals surface area contributed by atoms with E-state index >= 15 is 0 Å². The summed E-state index contributed by atoms with van der Waals surface area (Å²) in [5.41, 5.74) is 0.518. The smallest absolute Gasteiger partial charge is 0.0674 e. The molecule has 1 aliphatic heterocycles. The molecule has 3 nitrogen and oxygen atoms in total. The van der Waals surface area contributed by atoms with Crippen molar-refractivity contribution in [2.24, 2.45) is 5.41 Å². The Morgan fingerprint density at radius 3 is 2.48 bits per heavy atom. The molecule has 2 aliphatic carbocycles. The molecule has 3 heteroatoms. The summed E-state index contributed by atoms with van der Waals surface area (Å²) in [7, 11) is 0. The molecule has 122 valence electrons. The zero-order valence-corrected chi connectivity index (χ0v) is 14.1. The Kier molecular flexibility index (Phi) is 5.23. The molecule has 3 aliphatic rings.